The molecule has 0 spiro atoms. The van der Waals surface area contributed by atoms with Crippen molar-refractivity contribution in [1.82, 2.24) is 4.90 Å². The van der Waals surface area contributed by atoms with E-state index in [2.05, 4.69) is 5.32 Å². The minimum absolute atomic E-state index is 0.00573. The van der Waals surface area contributed by atoms with Gasteiger partial charge in [0.15, 0.2) is 0 Å². The van der Waals surface area contributed by atoms with Gasteiger partial charge in [-0.25, -0.2) is 9.18 Å². The summed E-state index contributed by atoms with van der Waals surface area (Å²) < 4.78 is 14.1. The lowest BCUT2D eigenvalue weighted by atomic mass is 10.0. The molecule has 132 valence electrons. The first kappa shape index (κ1) is 19.6. The number of carbonyl (C=O) groups is 3. The number of amides is 2. The van der Waals surface area contributed by atoms with Crippen molar-refractivity contribution >= 4 is 23.5 Å². The van der Waals surface area contributed by atoms with Crippen molar-refractivity contribution < 1.29 is 23.9 Å². The highest BCUT2D eigenvalue weighted by Crippen LogP contribution is 2.21. The molecule has 6 nitrogen and oxygen atoms in total. The second kappa shape index (κ2) is 7.42. The van der Waals surface area contributed by atoms with Gasteiger partial charge in [0.1, 0.15) is 11.4 Å². The lowest BCUT2D eigenvalue weighted by Crippen LogP contribution is -2.50. The molecule has 0 heterocycles. The third kappa shape index (κ3) is 4.53. The second-order valence-electron chi connectivity index (χ2n) is 6.57. The van der Waals surface area contributed by atoms with Crippen molar-refractivity contribution in [3.05, 3.63) is 29.6 Å². The zero-order valence-corrected chi connectivity index (χ0v) is 14.5. The van der Waals surface area contributed by atoms with Crippen molar-refractivity contribution in [2.45, 2.75) is 39.7 Å². The fourth-order valence-corrected chi connectivity index (χ4v) is 1.91. The first-order chi connectivity index (χ1) is 11.0. The summed E-state index contributed by atoms with van der Waals surface area (Å²) >= 11 is 0. The Morgan fingerprint density at radius 3 is 2.33 bits per heavy atom. The summed E-state index contributed by atoms with van der Waals surface area (Å²) in [4.78, 5) is 36.3. The monoisotopic (exact) mass is 338 g/mol. The number of carbonyl (C=O) groups excluding carboxylic acids is 2. The van der Waals surface area contributed by atoms with Gasteiger partial charge in [0.25, 0.3) is 5.91 Å². The molecule has 0 saturated carbocycles. The zero-order chi connectivity index (χ0) is 18.7. The van der Waals surface area contributed by atoms with E-state index < -0.39 is 23.2 Å². The molecule has 2 amide bonds. The van der Waals surface area contributed by atoms with E-state index in [9.17, 15) is 18.8 Å². The molecule has 0 fully saturated rings. The summed E-state index contributed by atoms with van der Waals surface area (Å²) in [5.74, 6) is -2.72. The number of nitrogens with zero attached hydrogens (tertiary/aromatic N) is 1. The van der Waals surface area contributed by atoms with Crippen LogP contribution in [-0.2, 0) is 9.59 Å². The molecule has 7 heteroatoms. The topological polar surface area (TPSA) is 86.7 Å². The Kier molecular flexibility index (Phi) is 6.06. The lowest BCUT2D eigenvalue weighted by molar-refractivity contribution is -0.147. The maximum absolute atomic E-state index is 14.1. The second-order valence-corrected chi connectivity index (χ2v) is 6.57. The fourth-order valence-electron chi connectivity index (χ4n) is 1.91. The standard InChI is InChI=1S/C17H23FN2O4/c1-10(2)8-14(21)19-13-7-6-11(9-12(13)18)15(22)20(5)17(3,4)16(23)24/h6-7,9-10H,8H2,1-5H3,(H,19,21)(H,23,24). The van der Waals surface area contributed by atoms with Gasteiger partial charge in [-0.05, 0) is 38.0 Å². The third-order valence-corrected chi connectivity index (χ3v) is 3.75. The van der Waals surface area contributed by atoms with Gasteiger partial charge in [-0.2, -0.15) is 0 Å². The molecule has 24 heavy (non-hydrogen) atoms. The van der Waals surface area contributed by atoms with Gasteiger partial charge in [0, 0.05) is 19.0 Å². The molecule has 1 rings (SSSR count). The number of halogens is 1. The highest BCUT2D eigenvalue weighted by Gasteiger charge is 2.35. The number of hydrogen-bond donors (Lipinski definition) is 2. The molecule has 0 bridgehead atoms. The smallest absolute Gasteiger partial charge is 0.329 e. The number of aliphatic carboxylic acids is 1. The molecule has 0 aromatic heterocycles. The number of likely N-dealkylation sites (N-methyl/N-ethyl adjacent to an activating group) is 1. The van der Waals surface area contributed by atoms with Crippen LogP contribution in [0.2, 0.25) is 0 Å². The van der Waals surface area contributed by atoms with Crippen molar-refractivity contribution in [3.63, 3.8) is 0 Å². The number of rotatable bonds is 6. The molecule has 0 radical (unpaired) electrons. The summed E-state index contributed by atoms with van der Waals surface area (Å²) in [6.07, 6.45) is 0.260. The van der Waals surface area contributed by atoms with Crippen LogP contribution in [0.1, 0.15) is 44.5 Å². The van der Waals surface area contributed by atoms with Crippen LogP contribution < -0.4 is 5.32 Å². The van der Waals surface area contributed by atoms with E-state index in [0.717, 1.165) is 11.0 Å². The Balaban J connectivity index is 2.97. The largest absolute Gasteiger partial charge is 0.480 e. The van der Waals surface area contributed by atoms with Crippen molar-refractivity contribution in [2.75, 3.05) is 12.4 Å². The van der Waals surface area contributed by atoms with Gasteiger partial charge < -0.3 is 15.3 Å². The van der Waals surface area contributed by atoms with Gasteiger partial charge in [-0.1, -0.05) is 13.8 Å². The fraction of sp³-hybridized carbons (Fsp3) is 0.471. The van der Waals surface area contributed by atoms with E-state index in [1.165, 1.54) is 33.0 Å². The SMILES string of the molecule is CC(C)CC(=O)Nc1ccc(C(=O)N(C)C(C)(C)C(=O)O)cc1F. The van der Waals surface area contributed by atoms with Gasteiger partial charge in [-0.15, -0.1) is 0 Å². The minimum atomic E-state index is -1.43. The normalized spacial score (nSPS) is 11.3. The van der Waals surface area contributed by atoms with Gasteiger partial charge in [0.2, 0.25) is 5.91 Å². The Labute approximate surface area is 140 Å². The van der Waals surface area contributed by atoms with Crippen LogP contribution in [0.25, 0.3) is 0 Å². The molecule has 0 aliphatic heterocycles. The summed E-state index contributed by atoms with van der Waals surface area (Å²) in [7, 11) is 1.34. The molecular formula is C17H23FN2O4. The molecule has 0 unspecified atom stereocenters. The summed E-state index contributed by atoms with van der Waals surface area (Å²) in [5, 5.41) is 11.6. The van der Waals surface area contributed by atoms with E-state index >= 15 is 0 Å². The Bertz CT molecular complexity index is 656. The molecule has 0 aliphatic carbocycles. The molecule has 1 aromatic carbocycles. The number of hydrogen-bond acceptors (Lipinski definition) is 3. The zero-order valence-electron chi connectivity index (χ0n) is 14.5. The van der Waals surface area contributed by atoms with Crippen LogP contribution in [0.4, 0.5) is 10.1 Å². The summed E-state index contributed by atoms with van der Waals surface area (Å²) in [6.45, 7) is 6.50. The predicted octanol–water partition coefficient (Wildman–Crippen LogP) is 2.75. The molecule has 2 N–H and O–H groups in total. The lowest BCUT2D eigenvalue weighted by Gasteiger charge is -2.31. The van der Waals surface area contributed by atoms with Gasteiger partial charge in [0.05, 0.1) is 5.69 Å². The van der Waals surface area contributed by atoms with Crippen LogP contribution >= 0.6 is 0 Å². The molecule has 0 aliphatic rings. The quantitative estimate of drug-likeness (QED) is 0.835. The number of carboxylic acids is 1. The minimum Gasteiger partial charge on any atom is -0.480 e. The Hall–Kier alpha value is -2.44. The van der Waals surface area contributed by atoms with E-state index in [0.29, 0.717) is 0 Å². The average molecular weight is 338 g/mol. The molecule has 0 saturated heterocycles. The number of carboxylic acid groups (broad SMARTS) is 1. The summed E-state index contributed by atoms with van der Waals surface area (Å²) in [6, 6.07) is 3.63. The molecule has 0 atom stereocenters. The van der Waals surface area contributed by atoms with Crippen molar-refractivity contribution in [1.29, 1.82) is 0 Å². The van der Waals surface area contributed by atoms with Gasteiger partial charge >= 0.3 is 5.97 Å². The third-order valence-electron chi connectivity index (χ3n) is 3.75. The number of anilines is 1. The molecular weight excluding hydrogens is 315 g/mol. The van der Waals surface area contributed by atoms with Crippen LogP contribution in [0.5, 0.6) is 0 Å². The van der Waals surface area contributed by atoms with E-state index in [1.807, 2.05) is 13.8 Å². The first-order valence-electron chi connectivity index (χ1n) is 7.57. The number of nitrogens with one attached hydrogen (secondary N) is 1. The average Bonchev–Trinajstić information content (AvgIpc) is 2.46. The van der Waals surface area contributed by atoms with Crippen molar-refractivity contribution in [2.24, 2.45) is 5.92 Å². The highest BCUT2D eigenvalue weighted by atomic mass is 19.1. The van der Waals surface area contributed by atoms with E-state index in [1.54, 1.807) is 0 Å². The first-order valence-corrected chi connectivity index (χ1v) is 7.57. The highest BCUT2D eigenvalue weighted by molar-refractivity contribution is 5.98. The van der Waals surface area contributed by atoms with Crippen molar-refractivity contribution in [3.8, 4) is 0 Å². The number of benzene rings is 1. The van der Waals surface area contributed by atoms with Crippen LogP contribution in [-0.4, -0.2) is 40.4 Å². The van der Waals surface area contributed by atoms with Crippen LogP contribution in [0, 0.1) is 11.7 Å². The van der Waals surface area contributed by atoms with Gasteiger partial charge in [-0.3, -0.25) is 9.59 Å². The van der Waals surface area contributed by atoms with Crippen LogP contribution in [0.3, 0.4) is 0 Å². The van der Waals surface area contributed by atoms with E-state index in [4.69, 9.17) is 5.11 Å². The predicted molar refractivity (Wildman–Crippen MR) is 88.3 cm³/mol. The molecule has 1 aromatic rings. The van der Waals surface area contributed by atoms with E-state index in [-0.39, 0.29) is 29.5 Å². The summed E-state index contributed by atoms with van der Waals surface area (Å²) in [5.41, 5.74) is -1.44. The Morgan fingerprint density at radius 1 is 1.29 bits per heavy atom. The maximum Gasteiger partial charge on any atom is 0.329 e. The Morgan fingerprint density at radius 2 is 1.88 bits per heavy atom. The van der Waals surface area contributed by atoms with Crippen LogP contribution in [0.15, 0.2) is 18.2 Å². The maximum atomic E-state index is 14.1.